The van der Waals surface area contributed by atoms with Crippen LogP contribution in [-0.4, -0.2) is 13.3 Å². The van der Waals surface area contributed by atoms with Gasteiger partial charge in [0.15, 0.2) is 11.5 Å². The van der Waals surface area contributed by atoms with Crippen LogP contribution >= 0.6 is 0 Å². The molecule has 21 heavy (non-hydrogen) atoms. The normalized spacial score (nSPS) is 19.4. The molecule has 3 nitrogen and oxygen atoms in total. The first-order valence-corrected chi connectivity index (χ1v) is 6.82. The maximum absolute atomic E-state index is 13.5. The average molecular weight is 289 g/mol. The highest BCUT2D eigenvalue weighted by atomic mass is 19.1. The van der Waals surface area contributed by atoms with Crippen LogP contribution in [0.5, 0.6) is 11.5 Å². The molecule has 1 unspecified atom stereocenters. The highest BCUT2D eigenvalue weighted by Crippen LogP contribution is 2.39. The molecule has 1 N–H and O–H groups in total. The molecule has 2 aliphatic heterocycles. The van der Waals surface area contributed by atoms with Gasteiger partial charge in [0, 0.05) is 12.6 Å². The van der Waals surface area contributed by atoms with Crippen molar-refractivity contribution in [2.24, 2.45) is 0 Å². The molecule has 2 aromatic rings. The van der Waals surface area contributed by atoms with Crippen molar-refractivity contribution in [2.45, 2.75) is 12.5 Å². The van der Waals surface area contributed by atoms with Gasteiger partial charge in [-0.25, -0.2) is 8.78 Å². The van der Waals surface area contributed by atoms with Gasteiger partial charge in [0.05, 0.1) is 6.04 Å². The third-order valence-corrected chi connectivity index (χ3v) is 3.91. The lowest BCUT2D eigenvalue weighted by Gasteiger charge is -2.27. The Morgan fingerprint density at radius 3 is 2.43 bits per heavy atom. The summed E-state index contributed by atoms with van der Waals surface area (Å²) in [4.78, 5) is 0. The van der Waals surface area contributed by atoms with Crippen LogP contribution in [0, 0.1) is 11.6 Å². The summed E-state index contributed by atoms with van der Waals surface area (Å²) in [6.07, 6.45) is 0.847. The van der Waals surface area contributed by atoms with Crippen molar-refractivity contribution in [3.63, 3.8) is 0 Å². The Labute approximate surface area is 120 Å². The van der Waals surface area contributed by atoms with Crippen LogP contribution in [0.4, 0.5) is 8.78 Å². The van der Waals surface area contributed by atoms with Crippen molar-refractivity contribution in [1.82, 2.24) is 5.32 Å². The molecular weight excluding hydrogens is 276 g/mol. The summed E-state index contributed by atoms with van der Waals surface area (Å²) in [5, 5.41) is 3.31. The van der Waals surface area contributed by atoms with Crippen molar-refractivity contribution in [3.05, 3.63) is 58.7 Å². The fraction of sp³-hybridized carbons (Fsp3) is 0.250. The van der Waals surface area contributed by atoms with Crippen molar-refractivity contribution in [2.75, 3.05) is 13.3 Å². The summed E-state index contributed by atoms with van der Waals surface area (Å²) in [7, 11) is 0. The zero-order valence-corrected chi connectivity index (χ0v) is 11.2. The van der Waals surface area contributed by atoms with E-state index in [0.29, 0.717) is 11.3 Å². The van der Waals surface area contributed by atoms with Gasteiger partial charge in [-0.1, -0.05) is 0 Å². The quantitative estimate of drug-likeness (QED) is 0.875. The summed E-state index contributed by atoms with van der Waals surface area (Å²) in [6.45, 7) is 0.959. The molecule has 0 aromatic heterocycles. The Kier molecular flexibility index (Phi) is 2.82. The number of benzene rings is 2. The summed E-state index contributed by atoms with van der Waals surface area (Å²) in [5.41, 5.74) is 2.68. The molecule has 0 fully saturated rings. The molecule has 2 heterocycles. The van der Waals surface area contributed by atoms with Crippen molar-refractivity contribution < 1.29 is 18.3 Å². The van der Waals surface area contributed by atoms with Gasteiger partial charge >= 0.3 is 0 Å². The van der Waals surface area contributed by atoms with Crippen molar-refractivity contribution in [3.8, 4) is 11.5 Å². The maximum atomic E-state index is 13.5. The first-order chi connectivity index (χ1) is 10.2. The van der Waals surface area contributed by atoms with E-state index in [1.165, 1.54) is 12.1 Å². The van der Waals surface area contributed by atoms with E-state index in [4.69, 9.17) is 9.47 Å². The number of hydrogen-bond donors (Lipinski definition) is 1. The monoisotopic (exact) mass is 289 g/mol. The number of hydrogen-bond acceptors (Lipinski definition) is 3. The zero-order chi connectivity index (χ0) is 14.4. The molecule has 0 aliphatic carbocycles. The summed E-state index contributed by atoms with van der Waals surface area (Å²) < 4.78 is 37.7. The fourth-order valence-electron chi connectivity index (χ4n) is 2.99. The lowest BCUT2D eigenvalue weighted by Crippen LogP contribution is -2.30. The molecular formula is C16H13F2NO2. The molecule has 1 atom stereocenters. The second kappa shape index (κ2) is 4.70. The van der Waals surface area contributed by atoms with E-state index >= 15 is 0 Å². The first kappa shape index (κ1) is 12.6. The Balaban J connectivity index is 1.82. The standard InChI is InChI=1S/C16H13F2NO2/c17-11-3-10(4-12(18)6-11)16-13-7-15-14(20-8-21-15)5-9(13)1-2-19-16/h3-7,16,19H,1-2,8H2. The number of ether oxygens (including phenoxy) is 2. The maximum Gasteiger partial charge on any atom is 0.231 e. The molecule has 0 radical (unpaired) electrons. The third-order valence-electron chi connectivity index (χ3n) is 3.91. The lowest BCUT2D eigenvalue weighted by atomic mass is 9.89. The van der Waals surface area contributed by atoms with Crippen LogP contribution in [0.3, 0.4) is 0 Å². The van der Waals surface area contributed by atoms with Gasteiger partial charge in [-0.05, 0) is 47.4 Å². The molecule has 0 bridgehead atoms. The molecule has 0 saturated heterocycles. The molecule has 0 spiro atoms. The lowest BCUT2D eigenvalue weighted by molar-refractivity contribution is 0.174. The highest BCUT2D eigenvalue weighted by molar-refractivity contribution is 5.52. The second-order valence-electron chi connectivity index (χ2n) is 5.24. The molecule has 2 aromatic carbocycles. The van der Waals surface area contributed by atoms with Crippen molar-refractivity contribution in [1.29, 1.82) is 0 Å². The van der Waals surface area contributed by atoms with Gasteiger partial charge in [0.2, 0.25) is 6.79 Å². The Hall–Kier alpha value is -2.14. The van der Waals surface area contributed by atoms with Gasteiger partial charge < -0.3 is 14.8 Å². The van der Waals surface area contributed by atoms with Crippen LogP contribution < -0.4 is 14.8 Å². The smallest absolute Gasteiger partial charge is 0.231 e. The van der Waals surface area contributed by atoms with Gasteiger partial charge in [-0.3, -0.25) is 0 Å². The largest absolute Gasteiger partial charge is 0.454 e. The number of rotatable bonds is 1. The molecule has 0 amide bonds. The number of nitrogens with one attached hydrogen (secondary N) is 1. The van der Waals surface area contributed by atoms with Crippen LogP contribution in [0.1, 0.15) is 22.7 Å². The van der Waals surface area contributed by atoms with E-state index in [0.717, 1.165) is 35.9 Å². The fourth-order valence-corrected chi connectivity index (χ4v) is 2.99. The predicted molar refractivity (Wildman–Crippen MR) is 72.5 cm³/mol. The van der Waals surface area contributed by atoms with Crippen LogP contribution in [0.2, 0.25) is 0 Å². The van der Waals surface area contributed by atoms with Crippen LogP contribution in [0.25, 0.3) is 0 Å². The summed E-state index contributed by atoms with van der Waals surface area (Å²) >= 11 is 0. The van der Waals surface area contributed by atoms with E-state index in [2.05, 4.69) is 5.32 Å². The zero-order valence-electron chi connectivity index (χ0n) is 11.2. The van der Waals surface area contributed by atoms with Crippen molar-refractivity contribution >= 4 is 0 Å². The number of fused-ring (bicyclic) bond motifs is 2. The van der Waals surface area contributed by atoms with Gasteiger partial charge in [0.25, 0.3) is 0 Å². The van der Waals surface area contributed by atoms with Gasteiger partial charge in [-0.15, -0.1) is 0 Å². The Morgan fingerprint density at radius 2 is 1.67 bits per heavy atom. The summed E-state index contributed by atoms with van der Waals surface area (Å²) in [5.74, 6) is 0.276. The molecule has 0 saturated carbocycles. The molecule has 2 aliphatic rings. The van der Waals surface area contributed by atoms with Crippen LogP contribution in [-0.2, 0) is 6.42 Å². The molecule has 4 rings (SSSR count). The SMILES string of the molecule is Fc1cc(F)cc(C2NCCc3cc4c(cc32)OCO4)c1. The molecule has 5 heteroatoms. The predicted octanol–water partition coefficient (Wildman–Crippen LogP) is 2.93. The minimum atomic E-state index is -0.570. The Bertz CT molecular complexity index is 697. The minimum Gasteiger partial charge on any atom is -0.454 e. The molecule has 108 valence electrons. The Morgan fingerprint density at radius 1 is 0.952 bits per heavy atom. The van der Waals surface area contributed by atoms with Gasteiger partial charge in [0.1, 0.15) is 11.6 Å². The third kappa shape index (κ3) is 2.14. The first-order valence-electron chi connectivity index (χ1n) is 6.82. The average Bonchev–Trinajstić information content (AvgIpc) is 2.90. The summed E-state index contributed by atoms with van der Waals surface area (Å²) in [6, 6.07) is 7.22. The second-order valence-corrected chi connectivity index (χ2v) is 5.24. The number of halogens is 2. The van der Waals surface area contributed by atoms with E-state index in [1.54, 1.807) is 0 Å². The van der Waals surface area contributed by atoms with E-state index in [1.807, 2.05) is 12.1 Å². The van der Waals surface area contributed by atoms with E-state index in [9.17, 15) is 8.78 Å². The highest BCUT2D eigenvalue weighted by Gasteiger charge is 2.26. The van der Waals surface area contributed by atoms with Crippen LogP contribution in [0.15, 0.2) is 30.3 Å². The van der Waals surface area contributed by atoms with Gasteiger partial charge in [-0.2, -0.15) is 0 Å². The topological polar surface area (TPSA) is 30.5 Å². The van der Waals surface area contributed by atoms with E-state index < -0.39 is 11.6 Å². The van der Waals surface area contributed by atoms with E-state index in [-0.39, 0.29) is 12.8 Å². The minimum absolute atomic E-state index is 0.213.